The highest BCUT2D eigenvalue weighted by molar-refractivity contribution is 5.35. The lowest BCUT2D eigenvalue weighted by molar-refractivity contribution is 0.792. The molecule has 0 aliphatic carbocycles. The minimum absolute atomic E-state index is 0.861. The van der Waals surface area contributed by atoms with Gasteiger partial charge in [0.1, 0.15) is 0 Å². The highest BCUT2D eigenvalue weighted by atomic mass is 14.9. The highest BCUT2D eigenvalue weighted by Crippen LogP contribution is 2.02. The molecule has 0 saturated carbocycles. The van der Waals surface area contributed by atoms with Gasteiger partial charge in [-0.25, -0.2) is 0 Å². The van der Waals surface area contributed by atoms with E-state index in [-0.39, 0.29) is 0 Å². The van der Waals surface area contributed by atoms with Crippen LogP contribution < -0.4 is 5.32 Å². The Morgan fingerprint density at radius 3 is 2.62 bits per heavy atom. The third kappa shape index (κ3) is 4.70. The molecule has 0 aliphatic rings. The Kier molecular flexibility index (Phi) is 5.22. The molecular formula is C15H19N. The average Bonchev–Trinajstić information content (AvgIpc) is 2.27. The van der Waals surface area contributed by atoms with E-state index in [1.54, 1.807) is 0 Å². The predicted octanol–water partition coefficient (Wildman–Crippen LogP) is 3.25. The summed E-state index contributed by atoms with van der Waals surface area (Å²) in [6.07, 6.45) is 1.78. The number of hydrogen-bond donors (Lipinski definition) is 1. The average molecular weight is 213 g/mol. The number of nitrogens with one attached hydrogen (secondary N) is 1. The first-order valence-electron chi connectivity index (χ1n) is 5.69. The fourth-order valence-corrected chi connectivity index (χ4v) is 1.35. The number of aryl methyl sites for hydroxylation is 1. The molecule has 84 valence electrons. The van der Waals surface area contributed by atoms with Gasteiger partial charge in [-0.3, -0.25) is 0 Å². The van der Waals surface area contributed by atoms with Gasteiger partial charge in [-0.2, -0.15) is 0 Å². The van der Waals surface area contributed by atoms with Crippen LogP contribution in [0.15, 0.2) is 36.5 Å². The van der Waals surface area contributed by atoms with Crippen LogP contribution >= 0.6 is 0 Å². The fraction of sp³-hybridized carbons (Fsp3) is 0.333. The lowest BCUT2D eigenvalue weighted by Crippen LogP contribution is -2.10. The Morgan fingerprint density at radius 1 is 1.31 bits per heavy atom. The van der Waals surface area contributed by atoms with Gasteiger partial charge in [0.05, 0.1) is 0 Å². The molecule has 0 bridgehead atoms. The van der Waals surface area contributed by atoms with Crippen LogP contribution in [0.1, 0.15) is 30.9 Å². The van der Waals surface area contributed by atoms with E-state index in [4.69, 9.17) is 0 Å². The summed E-state index contributed by atoms with van der Waals surface area (Å²) in [4.78, 5) is 0. The van der Waals surface area contributed by atoms with Crippen molar-refractivity contribution in [2.45, 2.75) is 26.7 Å². The first-order chi connectivity index (χ1) is 7.72. The van der Waals surface area contributed by atoms with Crippen LogP contribution in [0, 0.1) is 18.8 Å². The minimum atomic E-state index is 0.861. The van der Waals surface area contributed by atoms with E-state index >= 15 is 0 Å². The molecule has 16 heavy (non-hydrogen) atoms. The molecule has 0 unspecified atom stereocenters. The lowest BCUT2D eigenvalue weighted by Gasteiger charge is -2.03. The summed E-state index contributed by atoms with van der Waals surface area (Å²) in [7, 11) is 0. The van der Waals surface area contributed by atoms with Crippen molar-refractivity contribution in [2.24, 2.45) is 0 Å². The van der Waals surface area contributed by atoms with Gasteiger partial charge in [0.25, 0.3) is 0 Å². The summed E-state index contributed by atoms with van der Waals surface area (Å²) >= 11 is 0. The SMILES string of the molecule is C=C(CCC#Cc1ccc(C)cc1)NCC. The van der Waals surface area contributed by atoms with Crippen LogP contribution in [-0.2, 0) is 0 Å². The third-order valence-corrected chi connectivity index (χ3v) is 2.26. The van der Waals surface area contributed by atoms with E-state index in [0.717, 1.165) is 30.6 Å². The molecule has 1 heteroatoms. The molecule has 1 N–H and O–H groups in total. The smallest absolute Gasteiger partial charge is 0.0245 e. The zero-order valence-corrected chi connectivity index (χ0v) is 10.1. The Balaban J connectivity index is 2.38. The van der Waals surface area contributed by atoms with Gasteiger partial charge in [0, 0.05) is 24.2 Å². The predicted molar refractivity (Wildman–Crippen MR) is 70.1 cm³/mol. The van der Waals surface area contributed by atoms with Gasteiger partial charge in [0.15, 0.2) is 0 Å². The summed E-state index contributed by atoms with van der Waals surface area (Å²) in [5.41, 5.74) is 3.42. The Morgan fingerprint density at radius 2 is 2.00 bits per heavy atom. The normalized spacial score (nSPS) is 9.12. The molecule has 0 atom stereocenters. The van der Waals surface area contributed by atoms with Crippen LogP contribution in [0.3, 0.4) is 0 Å². The van der Waals surface area contributed by atoms with Crippen LogP contribution in [0.25, 0.3) is 0 Å². The molecule has 1 nitrogen and oxygen atoms in total. The Bertz CT molecular complexity index is 390. The van der Waals surface area contributed by atoms with E-state index in [1.807, 2.05) is 0 Å². The molecule has 0 fully saturated rings. The summed E-state index contributed by atoms with van der Waals surface area (Å²) in [5.74, 6) is 6.31. The van der Waals surface area contributed by atoms with Crippen LogP contribution in [-0.4, -0.2) is 6.54 Å². The van der Waals surface area contributed by atoms with Gasteiger partial charge in [-0.15, -0.1) is 0 Å². The van der Waals surface area contributed by atoms with Gasteiger partial charge >= 0.3 is 0 Å². The van der Waals surface area contributed by atoms with E-state index in [1.165, 1.54) is 5.56 Å². The van der Waals surface area contributed by atoms with Crippen LogP contribution in [0.5, 0.6) is 0 Å². The molecule has 0 spiro atoms. The minimum Gasteiger partial charge on any atom is -0.389 e. The summed E-state index contributed by atoms with van der Waals surface area (Å²) < 4.78 is 0. The largest absolute Gasteiger partial charge is 0.389 e. The monoisotopic (exact) mass is 213 g/mol. The molecule has 1 rings (SSSR count). The summed E-state index contributed by atoms with van der Waals surface area (Å²) in [5, 5.41) is 3.19. The Hall–Kier alpha value is -1.68. The van der Waals surface area contributed by atoms with Crippen molar-refractivity contribution in [3.8, 4) is 11.8 Å². The fourth-order valence-electron chi connectivity index (χ4n) is 1.35. The second-order valence-electron chi connectivity index (χ2n) is 3.80. The van der Waals surface area contributed by atoms with E-state index in [2.05, 4.69) is 61.8 Å². The molecule has 0 radical (unpaired) electrons. The van der Waals surface area contributed by atoms with E-state index in [0.29, 0.717) is 0 Å². The topological polar surface area (TPSA) is 12.0 Å². The van der Waals surface area contributed by atoms with E-state index in [9.17, 15) is 0 Å². The molecule has 0 aliphatic heterocycles. The number of allylic oxidation sites excluding steroid dienone is 1. The van der Waals surface area contributed by atoms with Gasteiger partial charge in [0.2, 0.25) is 0 Å². The number of hydrogen-bond acceptors (Lipinski definition) is 1. The molecule has 1 aromatic rings. The van der Waals surface area contributed by atoms with Gasteiger partial charge in [-0.1, -0.05) is 36.1 Å². The third-order valence-electron chi connectivity index (χ3n) is 2.26. The zero-order chi connectivity index (χ0) is 11.8. The number of rotatable bonds is 4. The van der Waals surface area contributed by atoms with Crippen molar-refractivity contribution in [3.05, 3.63) is 47.7 Å². The summed E-state index contributed by atoms with van der Waals surface area (Å²) in [6, 6.07) is 8.28. The van der Waals surface area contributed by atoms with Gasteiger partial charge in [-0.05, 0) is 32.4 Å². The van der Waals surface area contributed by atoms with Crippen molar-refractivity contribution in [3.63, 3.8) is 0 Å². The zero-order valence-electron chi connectivity index (χ0n) is 10.1. The molecule has 1 aromatic carbocycles. The second-order valence-corrected chi connectivity index (χ2v) is 3.80. The maximum Gasteiger partial charge on any atom is 0.0245 e. The standard InChI is InChI=1S/C15H19N/c1-4-16-14(3)7-5-6-8-15-11-9-13(2)10-12-15/h9-12,16H,3-5,7H2,1-2H3. The first-order valence-corrected chi connectivity index (χ1v) is 5.69. The Labute approximate surface area is 98.6 Å². The molecule has 0 aromatic heterocycles. The second kappa shape index (κ2) is 6.74. The molecule has 0 heterocycles. The quantitative estimate of drug-likeness (QED) is 0.757. The van der Waals surface area contributed by atoms with Crippen molar-refractivity contribution < 1.29 is 0 Å². The highest BCUT2D eigenvalue weighted by Gasteiger charge is 1.89. The van der Waals surface area contributed by atoms with Crippen molar-refractivity contribution in [2.75, 3.05) is 6.54 Å². The molecule has 0 amide bonds. The molecule has 0 saturated heterocycles. The van der Waals surface area contributed by atoms with E-state index < -0.39 is 0 Å². The van der Waals surface area contributed by atoms with Crippen molar-refractivity contribution in [1.82, 2.24) is 5.32 Å². The maximum absolute atomic E-state index is 3.92. The lowest BCUT2D eigenvalue weighted by atomic mass is 10.1. The molecular weight excluding hydrogens is 194 g/mol. The van der Waals surface area contributed by atoms with Crippen LogP contribution in [0.2, 0.25) is 0 Å². The summed E-state index contributed by atoms with van der Waals surface area (Å²) in [6.45, 7) is 9.01. The van der Waals surface area contributed by atoms with Crippen molar-refractivity contribution in [1.29, 1.82) is 0 Å². The maximum atomic E-state index is 3.92. The number of benzene rings is 1. The van der Waals surface area contributed by atoms with Crippen LogP contribution in [0.4, 0.5) is 0 Å². The van der Waals surface area contributed by atoms with Gasteiger partial charge < -0.3 is 5.32 Å². The van der Waals surface area contributed by atoms with Crippen molar-refractivity contribution >= 4 is 0 Å². The first kappa shape index (κ1) is 12.4.